The molecule has 5 heteroatoms. The van der Waals surface area contributed by atoms with Gasteiger partial charge in [0.1, 0.15) is 11.9 Å². The number of amides is 1. The van der Waals surface area contributed by atoms with Crippen LogP contribution in [0.1, 0.15) is 43.5 Å². The zero-order valence-corrected chi connectivity index (χ0v) is 15.7. The molecule has 1 atom stereocenters. The van der Waals surface area contributed by atoms with E-state index in [9.17, 15) is 14.0 Å². The lowest BCUT2D eigenvalue weighted by Gasteiger charge is -2.25. The van der Waals surface area contributed by atoms with Crippen molar-refractivity contribution < 1.29 is 18.7 Å². The maximum absolute atomic E-state index is 13.7. The number of carbonyl (C=O) groups is 2. The van der Waals surface area contributed by atoms with E-state index in [1.165, 1.54) is 6.07 Å². The van der Waals surface area contributed by atoms with Crippen LogP contribution >= 0.6 is 0 Å². The normalized spacial score (nSPS) is 15.3. The summed E-state index contributed by atoms with van der Waals surface area (Å²) in [6.45, 7) is 0.325. The third kappa shape index (κ3) is 4.19. The van der Waals surface area contributed by atoms with Gasteiger partial charge in [-0.15, -0.1) is 0 Å². The Bertz CT molecular complexity index is 1050. The topological polar surface area (TPSA) is 55.4 Å². The molecule has 0 aliphatic carbocycles. The van der Waals surface area contributed by atoms with E-state index >= 15 is 0 Å². The average molecular weight is 389 g/mol. The van der Waals surface area contributed by atoms with Gasteiger partial charge in [0.05, 0.1) is 5.56 Å². The number of ether oxygens (including phenoxy) is 1. The minimum atomic E-state index is -0.383. The molecule has 0 saturated carbocycles. The number of benzene rings is 3. The predicted molar refractivity (Wildman–Crippen MR) is 107 cm³/mol. The van der Waals surface area contributed by atoms with Crippen molar-refractivity contribution in [3.63, 3.8) is 0 Å². The first-order chi connectivity index (χ1) is 14.1. The first-order valence-corrected chi connectivity index (χ1v) is 9.52. The van der Waals surface area contributed by atoms with Gasteiger partial charge in [-0.1, -0.05) is 48.5 Å². The molecule has 29 heavy (non-hydrogen) atoms. The second kappa shape index (κ2) is 8.27. The van der Waals surface area contributed by atoms with Crippen LogP contribution in [0.3, 0.4) is 0 Å². The number of hydrogen-bond donors (Lipinski definition) is 1. The fourth-order valence-corrected chi connectivity index (χ4v) is 3.50. The molecule has 1 amide bonds. The van der Waals surface area contributed by atoms with Crippen LogP contribution in [-0.4, -0.2) is 18.4 Å². The summed E-state index contributed by atoms with van der Waals surface area (Å²) in [5, 5.41) is 2.81. The molecule has 1 unspecified atom stereocenters. The second-order valence-corrected chi connectivity index (χ2v) is 6.98. The molecule has 0 fully saturated rings. The van der Waals surface area contributed by atoms with Crippen molar-refractivity contribution in [1.82, 2.24) is 5.32 Å². The van der Waals surface area contributed by atoms with Gasteiger partial charge in [0.2, 0.25) is 0 Å². The van der Waals surface area contributed by atoms with Crippen molar-refractivity contribution in [2.45, 2.75) is 18.9 Å². The van der Waals surface area contributed by atoms with Crippen LogP contribution in [-0.2, 0) is 17.6 Å². The molecule has 0 aromatic heterocycles. The number of esters is 1. The van der Waals surface area contributed by atoms with E-state index in [4.69, 9.17) is 4.74 Å². The molecule has 1 aliphatic rings. The quantitative estimate of drug-likeness (QED) is 0.664. The third-order valence-corrected chi connectivity index (χ3v) is 5.05. The highest BCUT2D eigenvalue weighted by molar-refractivity contribution is 5.97. The number of carbonyl (C=O) groups excluding carboxylic acids is 2. The van der Waals surface area contributed by atoms with Gasteiger partial charge in [0.15, 0.2) is 0 Å². The summed E-state index contributed by atoms with van der Waals surface area (Å²) >= 11 is 0. The minimum Gasteiger partial charge on any atom is -0.454 e. The molecule has 0 saturated heterocycles. The van der Waals surface area contributed by atoms with Crippen molar-refractivity contribution in [3.8, 4) is 0 Å². The van der Waals surface area contributed by atoms with E-state index in [0.29, 0.717) is 36.1 Å². The van der Waals surface area contributed by atoms with Gasteiger partial charge in [-0.3, -0.25) is 4.79 Å². The summed E-state index contributed by atoms with van der Waals surface area (Å²) in [6, 6.07) is 21.0. The van der Waals surface area contributed by atoms with Gasteiger partial charge in [0, 0.05) is 18.5 Å². The summed E-state index contributed by atoms with van der Waals surface area (Å²) in [7, 11) is 0. The maximum Gasteiger partial charge on any atom is 0.339 e. The van der Waals surface area contributed by atoms with Crippen LogP contribution in [0.15, 0.2) is 72.8 Å². The number of fused-ring (bicyclic) bond motifs is 1. The van der Waals surface area contributed by atoms with E-state index < -0.39 is 0 Å². The standard InChI is InChI=1S/C24H20FNO3/c25-21-9-5-4-6-16(21)12-13-26-23(27)18-10-11-20-19(14-18)15-22(29-24(20)28)17-7-2-1-3-8-17/h1-11,14,22H,12-13,15H2,(H,26,27). The highest BCUT2D eigenvalue weighted by atomic mass is 19.1. The summed E-state index contributed by atoms with van der Waals surface area (Å²) in [5.74, 6) is -0.910. The SMILES string of the molecule is O=C(NCCc1ccccc1F)c1ccc2c(c1)CC(c1ccccc1)OC2=O. The van der Waals surface area contributed by atoms with Crippen LogP contribution in [0.25, 0.3) is 0 Å². The Kier molecular flexibility index (Phi) is 5.38. The second-order valence-electron chi connectivity index (χ2n) is 6.98. The van der Waals surface area contributed by atoms with Gasteiger partial charge < -0.3 is 10.1 Å². The zero-order valence-electron chi connectivity index (χ0n) is 15.7. The highest BCUT2D eigenvalue weighted by Gasteiger charge is 2.28. The van der Waals surface area contributed by atoms with Crippen molar-refractivity contribution in [2.75, 3.05) is 6.54 Å². The zero-order chi connectivity index (χ0) is 20.2. The number of halogens is 1. The molecule has 1 heterocycles. The summed E-state index contributed by atoms with van der Waals surface area (Å²) < 4.78 is 19.2. The first-order valence-electron chi connectivity index (χ1n) is 9.52. The molecule has 146 valence electrons. The van der Waals surface area contributed by atoms with Crippen LogP contribution < -0.4 is 5.32 Å². The highest BCUT2D eigenvalue weighted by Crippen LogP contribution is 2.31. The Morgan fingerprint density at radius 2 is 1.79 bits per heavy atom. The molecule has 1 aliphatic heterocycles. The van der Waals surface area contributed by atoms with Crippen molar-refractivity contribution >= 4 is 11.9 Å². The lowest BCUT2D eigenvalue weighted by molar-refractivity contribution is 0.0252. The number of nitrogens with one attached hydrogen (secondary N) is 1. The fourth-order valence-electron chi connectivity index (χ4n) is 3.50. The van der Waals surface area contributed by atoms with Gasteiger partial charge in [-0.25, -0.2) is 9.18 Å². The largest absolute Gasteiger partial charge is 0.454 e. The molecule has 0 bridgehead atoms. The molecule has 4 rings (SSSR count). The first kappa shape index (κ1) is 18.9. The minimum absolute atomic E-state index is 0.251. The Balaban J connectivity index is 1.45. The van der Waals surface area contributed by atoms with E-state index in [1.54, 1.807) is 36.4 Å². The fraction of sp³-hybridized carbons (Fsp3) is 0.167. The molecular formula is C24H20FNO3. The Labute approximate surface area is 168 Å². The molecule has 1 N–H and O–H groups in total. The van der Waals surface area contributed by atoms with Crippen LogP contribution in [0, 0.1) is 5.82 Å². The molecule has 3 aromatic carbocycles. The molecule has 3 aromatic rings. The Hall–Kier alpha value is -3.47. The number of cyclic esters (lactones) is 1. The Morgan fingerprint density at radius 1 is 1.03 bits per heavy atom. The van der Waals surface area contributed by atoms with Crippen molar-refractivity contribution in [2.24, 2.45) is 0 Å². The van der Waals surface area contributed by atoms with Gasteiger partial charge in [0.25, 0.3) is 5.91 Å². The summed E-state index contributed by atoms with van der Waals surface area (Å²) in [6.07, 6.45) is 0.559. The molecular weight excluding hydrogens is 369 g/mol. The van der Waals surface area contributed by atoms with Crippen molar-refractivity contribution in [3.05, 3.63) is 106 Å². The van der Waals surface area contributed by atoms with E-state index in [-0.39, 0.29) is 23.8 Å². The van der Waals surface area contributed by atoms with Crippen LogP contribution in [0.5, 0.6) is 0 Å². The van der Waals surface area contributed by atoms with Crippen molar-refractivity contribution in [1.29, 1.82) is 0 Å². The van der Waals surface area contributed by atoms with E-state index in [0.717, 1.165) is 11.1 Å². The smallest absolute Gasteiger partial charge is 0.339 e. The number of hydrogen-bond acceptors (Lipinski definition) is 3. The predicted octanol–water partition coefficient (Wildman–Crippen LogP) is 4.25. The molecule has 4 nitrogen and oxygen atoms in total. The van der Waals surface area contributed by atoms with Crippen LogP contribution in [0.2, 0.25) is 0 Å². The van der Waals surface area contributed by atoms with Gasteiger partial charge in [-0.05, 0) is 47.4 Å². The van der Waals surface area contributed by atoms with E-state index in [1.807, 2.05) is 30.3 Å². The number of rotatable bonds is 5. The van der Waals surface area contributed by atoms with E-state index in [2.05, 4.69) is 5.32 Å². The average Bonchev–Trinajstić information content (AvgIpc) is 2.75. The lowest BCUT2D eigenvalue weighted by Crippen LogP contribution is -2.27. The van der Waals surface area contributed by atoms with Gasteiger partial charge >= 0.3 is 5.97 Å². The van der Waals surface area contributed by atoms with Gasteiger partial charge in [-0.2, -0.15) is 0 Å². The summed E-state index contributed by atoms with van der Waals surface area (Å²) in [5.41, 5.74) is 3.23. The monoisotopic (exact) mass is 389 g/mol. The third-order valence-electron chi connectivity index (χ3n) is 5.05. The lowest BCUT2D eigenvalue weighted by atomic mass is 9.93. The molecule has 0 spiro atoms. The Morgan fingerprint density at radius 3 is 2.59 bits per heavy atom. The molecule has 0 radical (unpaired) electrons. The van der Waals surface area contributed by atoms with Crippen LogP contribution in [0.4, 0.5) is 4.39 Å². The summed E-state index contributed by atoms with van der Waals surface area (Å²) in [4.78, 5) is 24.9. The maximum atomic E-state index is 13.7.